The van der Waals surface area contributed by atoms with E-state index in [1.165, 1.54) is 27.8 Å². The van der Waals surface area contributed by atoms with Crippen molar-refractivity contribution in [1.82, 2.24) is 0 Å². The minimum atomic E-state index is 1.06. The van der Waals surface area contributed by atoms with Gasteiger partial charge in [0.1, 0.15) is 0 Å². The lowest BCUT2D eigenvalue weighted by Gasteiger charge is -2.11. The van der Waals surface area contributed by atoms with Gasteiger partial charge in [-0.2, -0.15) is 0 Å². The average molecular weight is 209 g/mol. The van der Waals surface area contributed by atoms with E-state index in [1.54, 1.807) is 0 Å². The summed E-state index contributed by atoms with van der Waals surface area (Å²) >= 11 is 0. The Balaban J connectivity index is 2.60. The second kappa shape index (κ2) is 4.13. The molecule has 0 amide bonds. The highest BCUT2D eigenvalue weighted by Crippen LogP contribution is 2.28. The van der Waals surface area contributed by atoms with Gasteiger partial charge in [-0.05, 0) is 55.5 Å². The number of hydrogen-bond acceptors (Lipinski definition) is 0. The van der Waals surface area contributed by atoms with Crippen LogP contribution in [-0.4, -0.2) is 0 Å². The maximum atomic E-state index is 3.91. The Labute approximate surface area is 97.9 Å². The van der Waals surface area contributed by atoms with Crippen LogP contribution in [0.25, 0.3) is 11.1 Å². The Kier molecular flexibility index (Phi) is 2.82. The lowest BCUT2D eigenvalue weighted by Crippen LogP contribution is -1.90. The molecule has 81 valence electrons. The smallest absolute Gasteiger partial charge is 0.0125 e. The highest BCUT2D eigenvalue weighted by atomic mass is 14.1. The molecule has 2 aromatic carbocycles. The van der Waals surface area contributed by atoms with E-state index in [4.69, 9.17) is 0 Å². The second-order valence-corrected chi connectivity index (χ2v) is 4.47. The highest BCUT2D eigenvalue weighted by molar-refractivity contribution is 5.71. The molecule has 0 saturated heterocycles. The Morgan fingerprint density at radius 2 is 1.31 bits per heavy atom. The van der Waals surface area contributed by atoms with Gasteiger partial charge < -0.3 is 0 Å². The molecule has 0 heteroatoms. The van der Waals surface area contributed by atoms with Gasteiger partial charge in [0.15, 0.2) is 0 Å². The topological polar surface area (TPSA) is 0 Å². The molecule has 0 heterocycles. The molecular weight excluding hydrogens is 192 g/mol. The second-order valence-electron chi connectivity index (χ2n) is 4.47. The molecule has 0 aliphatic rings. The molecule has 0 nitrogen and oxygen atoms in total. The monoisotopic (exact) mass is 209 g/mol. The molecule has 2 rings (SSSR count). The number of hydrogen-bond donors (Lipinski definition) is 0. The van der Waals surface area contributed by atoms with Crippen LogP contribution in [0.5, 0.6) is 0 Å². The van der Waals surface area contributed by atoms with E-state index < -0.39 is 0 Å². The van der Waals surface area contributed by atoms with Crippen molar-refractivity contribution in [2.75, 3.05) is 0 Å². The molecule has 16 heavy (non-hydrogen) atoms. The predicted octanol–water partition coefficient (Wildman–Crippen LogP) is 4.46. The quantitative estimate of drug-likeness (QED) is 0.650. The fraction of sp³-hybridized carbons (Fsp3) is 0.188. The van der Waals surface area contributed by atoms with Crippen molar-refractivity contribution < 1.29 is 0 Å². The van der Waals surface area contributed by atoms with Gasteiger partial charge in [-0.15, -0.1) is 0 Å². The van der Waals surface area contributed by atoms with Crippen LogP contribution >= 0.6 is 0 Å². The molecule has 0 saturated carbocycles. The Morgan fingerprint density at radius 1 is 0.812 bits per heavy atom. The maximum Gasteiger partial charge on any atom is -0.0125 e. The number of aryl methyl sites for hydroxylation is 3. The standard InChI is InChI=1S/C16H17/c1-11-5-7-15(8-6-11)16-13(3)9-12(2)10-14(16)4/h5-10H,1H2,2-4H3. The zero-order valence-corrected chi connectivity index (χ0v) is 10.2. The highest BCUT2D eigenvalue weighted by Gasteiger charge is 2.05. The number of rotatable bonds is 1. The third-order valence-electron chi connectivity index (χ3n) is 2.92. The van der Waals surface area contributed by atoms with Gasteiger partial charge in [0.25, 0.3) is 0 Å². The summed E-state index contributed by atoms with van der Waals surface area (Å²) in [6.45, 7) is 10.4. The van der Waals surface area contributed by atoms with E-state index in [9.17, 15) is 0 Å². The van der Waals surface area contributed by atoms with E-state index >= 15 is 0 Å². The van der Waals surface area contributed by atoms with Gasteiger partial charge in [0.05, 0.1) is 0 Å². The fourth-order valence-electron chi connectivity index (χ4n) is 2.31. The van der Waals surface area contributed by atoms with Crippen molar-refractivity contribution in [2.45, 2.75) is 20.8 Å². The molecule has 1 radical (unpaired) electrons. The molecule has 0 atom stereocenters. The zero-order valence-electron chi connectivity index (χ0n) is 10.2. The van der Waals surface area contributed by atoms with Gasteiger partial charge in [0, 0.05) is 0 Å². The van der Waals surface area contributed by atoms with Gasteiger partial charge in [-0.3, -0.25) is 0 Å². The third kappa shape index (κ3) is 2.01. The van der Waals surface area contributed by atoms with Crippen LogP contribution in [0.4, 0.5) is 0 Å². The molecule has 0 aliphatic heterocycles. The van der Waals surface area contributed by atoms with Crippen molar-refractivity contribution >= 4 is 0 Å². The summed E-state index contributed by atoms with van der Waals surface area (Å²) in [7, 11) is 0. The Morgan fingerprint density at radius 3 is 1.81 bits per heavy atom. The zero-order chi connectivity index (χ0) is 11.7. The largest absolute Gasteiger partial charge is 0.0584 e. The van der Waals surface area contributed by atoms with E-state index in [0.29, 0.717) is 0 Å². The molecule has 0 aliphatic carbocycles. The SMILES string of the molecule is [CH2]c1ccc(-c2c(C)cc(C)cc2C)cc1. The van der Waals surface area contributed by atoms with Crippen LogP contribution in [0.1, 0.15) is 22.3 Å². The molecule has 2 aromatic rings. The molecule has 0 bridgehead atoms. The van der Waals surface area contributed by atoms with Crippen LogP contribution in [-0.2, 0) is 0 Å². The summed E-state index contributed by atoms with van der Waals surface area (Å²) in [6.07, 6.45) is 0. The summed E-state index contributed by atoms with van der Waals surface area (Å²) in [5.41, 5.74) is 7.70. The van der Waals surface area contributed by atoms with Crippen molar-refractivity contribution in [2.24, 2.45) is 0 Å². The van der Waals surface area contributed by atoms with Gasteiger partial charge in [-0.1, -0.05) is 42.0 Å². The van der Waals surface area contributed by atoms with Gasteiger partial charge in [-0.25, -0.2) is 0 Å². The lowest BCUT2D eigenvalue weighted by atomic mass is 9.93. The van der Waals surface area contributed by atoms with E-state index in [1.807, 2.05) is 0 Å². The summed E-state index contributed by atoms with van der Waals surface area (Å²) in [5, 5.41) is 0. The third-order valence-corrected chi connectivity index (χ3v) is 2.92. The molecule has 0 spiro atoms. The van der Waals surface area contributed by atoms with Crippen molar-refractivity contribution in [3.8, 4) is 11.1 Å². The van der Waals surface area contributed by atoms with E-state index in [0.717, 1.165) is 5.56 Å². The Hall–Kier alpha value is -1.56. The van der Waals surface area contributed by atoms with Crippen LogP contribution < -0.4 is 0 Å². The van der Waals surface area contributed by atoms with E-state index in [-0.39, 0.29) is 0 Å². The first-order chi connectivity index (χ1) is 7.58. The predicted molar refractivity (Wildman–Crippen MR) is 70.5 cm³/mol. The number of benzene rings is 2. The first-order valence-electron chi connectivity index (χ1n) is 5.58. The normalized spacial score (nSPS) is 10.5. The summed E-state index contributed by atoms with van der Waals surface area (Å²) in [6, 6.07) is 12.9. The van der Waals surface area contributed by atoms with E-state index in [2.05, 4.69) is 64.1 Å². The van der Waals surface area contributed by atoms with Gasteiger partial charge in [0.2, 0.25) is 0 Å². The minimum Gasteiger partial charge on any atom is -0.0584 e. The van der Waals surface area contributed by atoms with Crippen LogP contribution in [0.15, 0.2) is 36.4 Å². The van der Waals surface area contributed by atoms with Crippen LogP contribution in [0.2, 0.25) is 0 Å². The first-order valence-corrected chi connectivity index (χ1v) is 5.58. The lowest BCUT2D eigenvalue weighted by molar-refractivity contribution is 1.32. The molecular formula is C16H17. The molecule has 0 aromatic heterocycles. The molecule has 0 N–H and O–H groups in total. The average Bonchev–Trinajstić information content (AvgIpc) is 2.19. The van der Waals surface area contributed by atoms with Crippen LogP contribution in [0, 0.1) is 27.7 Å². The van der Waals surface area contributed by atoms with Crippen LogP contribution in [0.3, 0.4) is 0 Å². The maximum absolute atomic E-state index is 3.91. The summed E-state index contributed by atoms with van der Waals surface area (Å²) in [4.78, 5) is 0. The summed E-state index contributed by atoms with van der Waals surface area (Å²) < 4.78 is 0. The fourth-order valence-corrected chi connectivity index (χ4v) is 2.31. The first kappa shape index (κ1) is 10.9. The van der Waals surface area contributed by atoms with Crippen molar-refractivity contribution in [3.05, 3.63) is 65.6 Å². The van der Waals surface area contributed by atoms with Gasteiger partial charge >= 0.3 is 0 Å². The molecule has 0 unspecified atom stereocenters. The minimum absolute atomic E-state index is 1.06. The Bertz CT molecular complexity index is 481. The van der Waals surface area contributed by atoms with Crippen molar-refractivity contribution in [3.63, 3.8) is 0 Å². The molecule has 0 fully saturated rings. The van der Waals surface area contributed by atoms with Crippen molar-refractivity contribution in [1.29, 1.82) is 0 Å². The summed E-state index contributed by atoms with van der Waals surface area (Å²) in [5.74, 6) is 0.